The van der Waals surface area contributed by atoms with E-state index in [2.05, 4.69) is 4.74 Å². The van der Waals surface area contributed by atoms with Crippen molar-refractivity contribution in [1.29, 1.82) is 0 Å². The predicted molar refractivity (Wildman–Crippen MR) is 84.3 cm³/mol. The number of alkyl halides is 2. The van der Waals surface area contributed by atoms with Gasteiger partial charge in [-0.3, -0.25) is 4.55 Å². The topological polar surface area (TPSA) is 108 Å². The summed E-state index contributed by atoms with van der Waals surface area (Å²) < 4.78 is 77.9. The highest BCUT2D eigenvalue weighted by atomic mass is 32.2. The summed E-state index contributed by atoms with van der Waals surface area (Å²) in [5.41, 5.74) is -0.422. The van der Waals surface area contributed by atoms with Gasteiger partial charge in [0, 0.05) is 11.8 Å². The average Bonchev–Trinajstić information content (AvgIpc) is 3.05. The molecule has 154 valence electrons. The van der Waals surface area contributed by atoms with Crippen LogP contribution in [0.2, 0.25) is 0 Å². The number of hydrogen-bond acceptors (Lipinski definition) is 7. The van der Waals surface area contributed by atoms with Crippen LogP contribution in [0.1, 0.15) is 32.1 Å². The maximum Gasteiger partial charge on any atom is 0.465 e. The van der Waals surface area contributed by atoms with Gasteiger partial charge >= 0.3 is 21.3 Å². The Morgan fingerprint density at radius 1 is 1.11 bits per heavy atom. The zero-order valence-corrected chi connectivity index (χ0v) is 15.4. The first-order chi connectivity index (χ1) is 12.6. The van der Waals surface area contributed by atoms with E-state index in [1.165, 1.54) is 0 Å². The van der Waals surface area contributed by atoms with Gasteiger partial charge in [-0.25, -0.2) is 4.79 Å². The molecule has 0 aromatic carbocycles. The predicted octanol–water partition coefficient (Wildman–Crippen LogP) is 1.35. The van der Waals surface area contributed by atoms with Crippen LogP contribution in [0.3, 0.4) is 0 Å². The molecule has 1 heterocycles. The fraction of sp³-hybridized carbons (Fsp3) is 0.938. The molecule has 1 saturated heterocycles. The second-order valence-corrected chi connectivity index (χ2v) is 9.38. The van der Waals surface area contributed by atoms with E-state index < -0.39 is 39.3 Å². The molecule has 0 amide bonds. The van der Waals surface area contributed by atoms with E-state index in [9.17, 15) is 22.0 Å². The van der Waals surface area contributed by atoms with E-state index in [0.29, 0.717) is 19.1 Å². The maximum absolute atomic E-state index is 13.2. The molecule has 11 heteroatoms. The van der Waals surface area contributed by atoms with Gasteiger partial charge in [0.1, 0.15) is 6.61 Å². The van der Waals surface area contributed by atoms with Crippen molar-refractivity contribution in [3.63, 3.8) is 0 Å². The van der Waals surface area contributed by atoms with Crippen LogP contribution in [0.15, 0.2) is 0 Å². The van der Waals surface area contributed by atoms with E-state index in [4.69, 9.17) is 18.8 Å². The minimum Gasteiger partial charge on any atom is -0.458 e. The monoisotopic (exact) mass is 412 g/mol. The Morgan fingerprint density at radius 2 is 1.70 bits per heavy atom. The summed E-state index contributed by atoms with van der Waals surface area (Å²) in [7, 11) is -5.86. The van der Waals surface area contributed by atoms with Crippen molar-refractivity contribution in [3.8, 4) is 0 Å². The first-order valence-electron chi connectivity index (χ1n) is 9.02. The third kappa shape index (κ3) is 3.07. The average molecular weight is 412 g/mol. The molecule has 4 saturated carbocycles. The smallest absolute Gasteiger partial charge is 0.458 e. The number of carbonyl (C=O) groups excluding carboxylic acids is 1. The van der Waals surface area contributed by atoms with Gasteiger partial charge in [-0.2, -0.15) is 17.2 Å². The summed E-state index contributed by atoms with van der Waals surface area (Å²) >= 11 is 0. The van der Waals surface area contributed by atoms with Crippen LogP contribution >= 0.6 is 0 Å². The van der Waals surface area contributed by atoms with Gasteiger partial charge in [0.15, 0.2) is 5.79 Å². The van der Waals surface area contributed by atoms with Crippen LogP contribution in [0, 0.1) is 17.8 Å². The minimum absolute atomic E-state index is 0.131. The van der Waals surface area contributed by atoms with E-state index >= 15 is 0 Å². The molecule has 1 N–H and O–H groups in total. The number of hydrogen-bond donors (Lipinski definition) is 1. The Bertz CT molecular complexity index is 700. The standard InChI is InChI=1S/C16H22F2O8S/c17-16(18,27(20,21)22)13(19)23-1-2-24-14-7-10-5-11(8-14)15(12(6-10)9-14)25-3-4-26-15/h10-12H,1-9H2,(H,20,21,22). The molecule has 0 aromatic heterocycles. The normalized spacial score (nSPS) is 37.1. The zero-order chi connectivity index (χ0) is 19.5. The largest absolute Gasteiger partial charge is 0.465 e. The van der Waals surface area contributed by atoms with Crippen LogP contribution in [0.5, 0.6) is 0 Å². The first kappa shape index (κ1) is 19.4. The van der Waals surface area contributed by atoms with Crippen LogP contribution in [0.4, 0.5) is 8.78 Å². The van der Waals surface area contributed by atoms with Crippen molar-refractivity contribution in [2.24, 2.45) is 17.8 Å². The lowest BCUT2D eigenvalue weighted by Crippen LogP contribution is -2.64. The first-order valence-corrected chi connectivity index (χ1v) is 10.5. The van der Waals surface area contributed by atoms with Crippen LogP contribution < -0.4 is 0 Å². The lowest BCUT2D eigenvalue weighted by atomic mass is 9.51. The molecule has 27 heavy (non-hydrogen) atoms. The molecule has 8 nitrogen and oxygen atoms in total. The van der Waals surface area contributed by atoms with Crippen molar-refractivity contribution >= 4 is 16.1 Å². The molecular weight excluding hydrogens is 390 g/mol. The van der Waals surface area contributed by atoms with Gasteiger partial charge in [0.05, 0.1) is 25.4 Å². The third-order valence-corrected chi connectivity index (χ3v) is 7.11. The highest BCUT2D eigenvalue weighted by molar-refractivity contribution is 7.87. The molecule has 4 aliphatic carbocycles. The van der Waals surface area contributed by atoms with Gasteiger partial charge < -0.3 is 18.9 Å². The maximum atomic E-state index is 13.2. The summed E-state index contributed by atoms with van der Waals surface area (Å²) in [6, 6.07) is 0. The molecule has 5 fully saturated rings. The van der Waals surface area contributed by atoms with Crippen LogP contribution in [-0.2, 0) is 33.9 Å². The molecule has 4 bridgehead atoms. The summed E-state index contributed by atoms with van der Waals surface area (Å²) in [6.07, 6.45) is 4.34. The van der Waals surface area contributed by atoms with Crippen LogP contribution in [0.25, 0.3) is 0 Å². The quantitative estimate of drug-likeness (QED) is 0.396. The van der Waals surface area contributed by atoms with Gasteiger partial charge in [0.25, 0.3) is 0 Å². The summed E-state index contributed by atoms with van der Waals surface area (Å²) in [4.78, 5) is 11.2. The Balaban J connectivity index is 1.33. The molecule has 2 atom stereocenters. The van der Waals surface area contributed by atoms with Gasteiger partial charge in [-0.1, -0.05) is 0 Å². The molecule has 0 radical (unpaired) electrons. The molecule has 5 rings (SSSR count). The highest BCUT2D eigenvalue weighted by Gasteiger charge is 2.65. The second-order valence-electron chi connectivity index (χ2n) is 7.92. The van der Waals surface area contributed by atoms with E-state index in [-0.39, 0.29) is 18.4 Å². The van der Waals surface area contributed by atoms with Gasteiger partial charge in [-0.05, 0) is 38.0 Å². The lowest BCUT2D eigenvalue weighted by Gasteiger charge is -2.62. The van der Waals surface area contributed by atoms with E-state index in [0.717, 1.165) is 32.1 Å². The van der Waals surface area contributed by atoms with E-state index in [1.54, 1.807) is 0 Å². The van der Waals surface area contributed by atoms with Crippen LogP contribution in [-0.4, -0.2) is 62.0 Å². The fourth-order valence-electron chi connectivity index (χ4n) is 5.53. The number of halogens is 2. The molecule has 2 unspecified atom stereocenters. The molecular formula is C16H22F2O8S. The van der Waals surface area contributed by atoms with Crippen molar-refractivity contribution < 1.29 is 45.5 Å². The molecule has 0 aromatic rings. The summed E-state index contributed by atoms with van der Waals surface area (Å²) in [5, 5.41) is -4.99. The molecule has 5 aliphatic rings. The molecule has 1 spiro atoms. The van der Waals surface area contributed by atoms with E-state index in [1.807, 2.05) is 0 Å². The van der Waals surface area contributed by atoms with Gasteiger partial charge in [0.2, 0.25) is 0 Å². The number of carbonyl (C=O) groups is 1. The Kier molecular flexibility index (Phi) is 4.54. The third-order valence-electron chi connectivity index (χ3n) is 6.30. The van der Waals surface area contributed by atoms with Crippen molar-refractivity contribution in [1.82, 2.24) is 0 Å². The molecule has 1 aliphatic heterocycles. The lowest BCUT2D eigenvalue weighted by molar-refractivity contribution is -0.319. The summed E-state index contributed by atoms with van der Waals surface area (Å²) in [5.74, 6) is -1.90. The van der Waals surface area contributed by atoms with Crippen molar-refractivity contribution in [2.45, 2.75) is 48.7 Å². The minimum atomic E-state index is -5.86. The second kappa shape index (κ2) is 6.31. The Hall–Kier alpha value is -0.880. The van der Waals surface area contributed by atoms with Crippen molar-refractivity contribution in [3.05, 3.63) is 0 Å². The van der Waals surface area contributed by atoms with Crippen molar-refractivity contribution in [2.75, 3.05) is 26.4 Å². The number of rotatable bonds is 6. The Morgan fingerprint density at radius 3 is 2.26 bits per heavy atom. The van der Waals surface area contributed by atoms with Gasteiger partial charge in [-0.15, -0.1) is 0 Å². The number of ether oxygens (including phenoxy) is 4. The SMILES string of the molecule is O=C(OCCOC12CC3CC(C1)C1(OCCO1)C(C3)C2)C(F)(F)S(=O)(=O)O. The number of esters is 1. The Labute approximate surface area is 155 Å². The summed E-state index contributed by atoms with van der Waals surface area (Å²) in [6.45, 7) is 0.519. The zero-order valence-electron chi connectivity index (χ0n) is 14.6. The highest BCUT2D eigenvalue weighted by Crippen LogP contribution is 2.63. The fourth-order valence-corrected chi connectivity index (χ4v) is 5.80.